The lowest BCUT2D eigenvalue weighted by atomic mass is 10.1. The number of nitrogens with zero attached hydrogens (tertiary/aromatic N) is 3. The van der Waals surface area contributed by atoms with Crippen LogP contribution in [0.3, 0.4) is 0 Å². The molecule has 1 aliphatic rings. The monoisotopic (exact) mass is 268 g/mol. The Morgan fingerprint density at radius 2 is 2.10 bits per heavy atom. The highest BCUT2D eigenvalue weighted by Gasteiger charge is 2.26. The van der Waals surface area contributed by atoms with E-state index in [0.29, 0.717) is 12.1 Å². The van der Waals surface area contributed by atoms with Gasteiger partial charge in [-0.05, 0) is 25.0 Å². The Morgan fingerprint density at radius 1 is 1.25 bits per heavy atom. The Bertz CT molecular complexity index is 529. The van der Waals surface area contributed by atoms with E-state index in [4.69, 9.17) is 0 Å². The van der Waals surface area contributed by atoms with Crippen LogP contribution >= 0.6 is 0 Å². The van der Waals surface area contributed by atoms with E-state index in [0.717, 1.165) is 25.3 Å². The highest BCUT2D eigenvalue weighted by Crippen LogP contribution is 2.25. The first kappa shape index (κ1) is 13.1. The Balaban J connectivity index is 1.59. The van der Waals surface area contributed by atoms with Gasteiger partial charge in [-0.2, -0.15) is 0 Å². The lowest BCUT2D eigenvalue weighted by Gasteiger charge is -2.24. The van der Waals surface area contributed by atoms with E-state index in [9.17, 15) is 0 Å². The Labute approximate surface area is 119 Å². The average molecular weight is 268 g/mol. The van der Waals surface area contributed by atoms with Crippen molar-refractivity contribution in [2.24, 2.45) is 0 Å². The second-order valence-corrected chi connectivity index (χ2v) is 5.31. The zero-order chi connectivity index (χ0) is 13.8. The minimum atomic E-state index is 0.466. The van der Waals surface area contributed by atoms with Crippen LogP contribution in [0.2, 0.25) is 0 Å². The van der Waals surface area contributed by atoms with Crippen LogP contribution in [0.4, 0.5) is 5.82 Å². The van der Waals surface area contributed by atoms with Gasteiger partial charge in [0.25, 0.3) is 0 Å². The van der Waals surface area contributed by atoms with E-state index in [1.165, 1.54) is 5.56 Å². The third-order valence-corrected chi connectivity index (χ3v) is 3.98. The molecule has 1 aromatic heterocycles. The van der Waals surface area contributed by atoms with Crippen LogP contribution in [0.5, 0.6) is 0 Å². The van der Waals surface area contributed by atoms with Crippen molar-refractivity contribution in [3.63, 3.8) is 0 Å². The van der Waals surface area contributed by atoms with Crippen molar-refractivity contribution < 1.29 is 0 Å². The van der Waals surface area contributed by atoms with E-state index in [1.54, 1.807) is 12.5 Å². The molecule has 3 rings (SSSR count). The molecule has 1 saturated heterocycles. The van der Waals surface area contributed by atoms with Crippen LogP contribution in [0.15, 0.2) is 48.9 Å². The SMILES string of the molecule is CC(c1ccccc1)N1CCC(Nc2ccncn2)C1. The van der Waals surface area contributed by atoms with Gasteiger partial charge in [0.05, 0.1) is 0 Å². The zero-order valence-corrected chi connectivity index (χ0v) is 11.7. The molecule has 2 aromatic rings. The summed E-state index contributed by atoms with van der Waals surface area (Å²) in [7, 11) is 0. The molecule has 1 aliphatic heterocycles. The first-order valence-corrected chi connectivity index (χ1v) is 7.14. The molecule has 2 atom stereocenters. The molecule has 0 spiro atoms. The van der Waals surface area contributed by atoms with Gasteiger partial charge in [0.2, 0.25) is 0 Å². The third-order valence-electron chi connectivity index (χ3n) is 3.98. The van der Waals surface area contributed by atoms with Gasteiger partial charge in [0.15, 0.2) is 0 Å². The summed E-state index contributed by atoms with van der Waals surface area (Å²) in [5.74, 6) is 0.916. The number of aromatic nitrogens is 2. The first-order valence-electron chi connectivity index (χ1n) is 7.14. The molecule has 4 nitrogen and oxygen atoms in total. The average Bonchev–Trinajstić information content (AvgIpc) is 2.97. The van der Waals surface area contributed by atoms with Crippen molar-refractivity contribution in [3.05, 3.63) is 54.5 Å². The molecule has 1 fully saturated rings. The smallest absolute Gasteiger partial charge is 0.129 e. The van der Waals surface area contributed by atoms with E-state index >= 15 is 0 Å². The summed E-state index contributed by atoms with van der Waals surface area (Å²) in [6.07, 6.45) is 4.51. The standard InChI is InChI=1S/C16H20N4/c1-13(14-5-3-2-4-6-14)20-10-8-15(11-20)19-16-7-9-17-12-18-16/h2-7,9,12-13,15H,8,10-11H2,1H3,(H,17,18,19). The minimum Gasteiger partial charge on any atom is -0.366 e. The molecule has 2 unspecified atom stereocenters. The van der Waals surface area contributed by atoms with E-state index in [2.05, 4.69) is 57.4 Å². The van der Waals surface area contributed by atoms with Crippen LogP contribution in [-0.2, 0) is 0 Å². The summed E-state index contributed by atoms with van der Waals surface area (Å²) in [5.41, 5.74) is 1.38. The molecule has 0 bridgehead atoms. The Hall–Kier alpha value is -1.94. The maximum atomic E-state index is 4.23. The second kappa shape index (κ2) is 6.01. The molecule has 1 N–H and O–H groups in total. The highest BCUT2D eigenvalue weighted by atomic mass is 15.2. The molecule has 0 radical (unpaired) electrons. The molecule has 0 amide bonds. The summed E-state index contributed by atoms with van der Waals surface area (Å²) in [6, 6.07) is 13.6. The molecule has 4 heteroatoms. The van der Waals surface area contributed by atoms with Crippen molar-refractivity contribution >= 4 is 5.82 Å². The van der Waals surface area contributed by atoms with Crippen molar-refractivity contribution in [3.8, 4) is 0 Å². The first-order chi connectivity index (χ1) is 9.83. The summed E-state index contributed by atoms with van der Waals surface area (Å²) in [4.78, 5) is 10.7. The van der Waals surface area contributed by atoms with Crippen LogP contribution in [0, 0.1) is 0 Å². The van der Waals surface area contributed by atoms with Crippen LogP contribution in [0.1, 0.15) is 24.9 Å². The minimum absolute atomic E-state index is 0.466. The maximum absolute atomic E-state index is 4.23. The molecule has 20 heavy (non-hydrogen) atoms. The number of anilines is 1. The Morgan fingerprint density at radius 3 is 2.85 bits per heavy atom. The quantitative estimate of drug-likeness (QED) is 0.925. The normalized spacial score (nSPS) is 20.8. The van der Waals surface area contributed by atoms with Gasteiger partial charge in [-0.3, -0.25) is 4.90 Å². The number of likely N-dealkylation sites (tertiary alicyclic amines) is 1. The molecule has 1 aromatic carbocycles. The molecule has 2 heterocycles. The van der Waals surface area contributed by atoms with Crippen LogP contribution in [0.25, 0.3) is 0 Å². The van der Waals surface area contributed by atoms with Gasteiger partial charge in [0, 0.05) is 31.4 Å². The van der Waals surface area contributed by atoms with Crippen molar-refractivity contribution in [2.75, 3.05) is 18.4 Å². The third kappa shape index (κ3) is 2.96. The highest BCUT2D eigenvalue weighted by molar-refractivity contribution is 5.33. The van der Waals surface area contributed by atoms with E-state index < -0.39 is 0 Å². The van der Waals surface area contributed by atoms with Gasteiger partial charge in [-0.15, -0.1) is 0 Å². The number of rotatable bonds is 4. The van der Waals surface area contributed by atoms with Crippen molar-refractivity contribution in [2.45, 2.75) is 25.4 Å². The fourth-order valence-electron chi connectivity index (χ4n) is 2.78. The lowest BCUT2D eigenvalue weighted by molar-refractivity contribution is 0.261. The summed E-state index contributed by atoms with van der Waals surface area (Å²) in [6.45, 7) is 4.46. The fraction of sp³-hybridized carbons (Fsp3) is 0.375. The van der Waals surface area contributed by atoms with Crippen molar-refractivity contribution in [1.29, 1.82) is 0 Å². The summed E-state index contributed by atoms with van der Waals surface area (Å²) < 4.78 is 0. The Kier molecular flexibility index (Phi) is 3.92. The number of nitrogens with one attached hydrogen (secondary N) is 1. The van der Waals surface area contributed by atoms with Gasteiger partial charge in [-0.25, -0.2) is 9.97 Å². The predicted octanol–water partition coefficient (Wildman–Crippen LogP) is 2.72. The number of benzene rings is 1. The number of hydrogen-bond acceptors (Lipinski definition) is 4. The number of hydrogen-bond donors (Lipinski definition) is 1. The second-order valence-electron chi connectivity index (χ2n) is 5.31. The van der Waals surface area contributed by atoms with Gasteiger partial charge in [0.1, 0.15) is 12.1 Å². The van der Waals surface area contributed by atoms with Crippen LogP contribution in [-0.4, -0.2) is 34.0 Å². The summed E-state index contributed by atoms with van der Waals surface area (Å²) in [5, 5.41) is 3.48. The largest absolute Gasteiger partial charge is 0.366 e. The molecule has 0 aliphatic carbocycles. The predicted molar refractivity (Wildman–Crippen MR) is 80.5 cm³/mol. The van der Waals surface area contributed by atoms with Crippen molar-refractivity contribution in [1.82, 2.24) is 14.9 Å². The molecule has 0 saturated carbocycles. The van der Waals surface area contributed by atoms with Gasteiger partial charge in [-0.1, -0.05) is 30.3 Å². The lowest BCUT2D eigenvalue weighted by Crippen LogP contribution is -2.28. The fourth-order valence-corrected chi connectivity index (χ4v) is 2.78. The van der Waals surface area contributed by atoms with Gasteiger partial charge >= 0.3 is 0 Å². The molecular weight excluding hydrogens is 248 g/mol. The van der Waals surface area contributed by atoms with Gasteiger partial charge < -0.3 is 5.32 Å². The van der Waals surface area contributed by atoms with Crippen LogP contribution < -0.4 is 5.32 Å². The van der Waals surface area contributed by atoms with E-state index in [1.807, 2.05) is 6.07 Å². The maximum Gasteiger partial charge on any atom is 0.129 e. The molecular formula is C16H20N4. The van der Waals surface area contributed by atoms with E-state index in [-0.39, 0.29) is 0 Å². The zero-order valence-electron chi connectivity index (χ0n) is 11.7. The summed E-state index contributed by atoms with van der Waals surface area (Å²) >= 11 is 0. The molecule has 104 valence electrons. The topological polar surface area (TPSA) is 41.0 Å².